The maximum atomic E-state index is 13.7. The van der Waals surface area contributed by atoms with Gasteiger partial charge in [0, 0.05) is 146 Å². The summed E-state index contributed by atoms with van der Waals surface area (Å²) in [6, 6.07) is 12.5. The number of hydrogen-bond donors (Lipinski definition) is 3. The van der Waals surface area contributed by atoms with Crippen molar-refractivity contribution in [1.29, 1.82) is 0 Å². The second-order valence-corrected chi connectivity index (χ2v) is 29.8. The van der Waals surface area contributed by atoms with E-state index in [0.29, 0.717) is 84.8 Å². The molecule has 2 aromatic carbocycles. The Kier molecular flexibility index (Phi) is 23.6. The van der Waals surface area contributed by atoms with Crippen LogP contribution in [-0.4, -0.2) is 202 Å². The number of amides is 4. The van der Waals surface area contributed by atoms with E-state index in [1.165, 1.54) is 73.5 Å². The van der Waals surface area contributed by atoms with Gasteiger partial charge < -0.3 is 64.5 Å². The largest absolute Gasteiger partial charge is 0.444 e. The Morgan fingerprint density at radius 3 is 1.39 bits per heavy atom. The summed E-state index contributed by atoms with van der Waals surface area (Å²) < 4.78 is 63.9. The number of nitrogens with one attached hydrogen (secondary N) is 3. The maximum absolute atomic E-state index is 13.7. The van der Waals surface area contributed by atoms with Crippen molar-refractivity contribution in [2.75, 3.05) is 93.2 Å². The van der Waals surface area contributed by atoms with Crippen LogP contribution in [-0.2, 0) is 9.47 Å². The fourth-order valence-corrected chi connectivity index (χ4v) is 13.4. The number of hydrazone groups is 2. The predicted molar refractivity (Wildman–Crippen MR) is 391 cm³/mol. The summed E-state index contributed by atoms with van der Waals surface area (Å²) in [4.78, 5) is 94.7. The summed E-state index contributed by atoms with van der Waals surface area (Å²) >= 11 is 5.43. The zero-order valence-corrected chi connectivity index (χ0v) is 61.0. The van der Waals surface area contributed by atoms with E-state index in [-0.39, 0.29) is 52.5 Å². The standard InChI is InChI=1S/C21H19F2N7O.C16H21N5O2.C11H13N5.C11H20N2O2.C9H8F2N2.C5H2ClN3/c1-24-18-11-19(26-13-25-18)28-6-7-29(21(12-28)3-4-21)20(31)30-17(2-5-27-30)14-8-15(22)10-16(23)9-14;1-15(2,3)23-14(22)21-8-7-20(10-16(21)5-6-16)13-9-12(17-4)18-11-19-13;1-12-9-6-10(14-8-13-9)16-5-4-15-11(7-16)2-3-11;1-10(2,3)15-9(14)13-7-6-12-8-11(13)4-5-11;10-7-3-6(4-8(11)5-7)9-1-2-12-13-9;1-7-5-2-4(6)8-3-9-5/h5,8-11,13,17H,2-4,6-7,12H2;9,11H,5-8,10H2,1-3H3;6,8,15H,2-5,7H2;12H,4-8H2,1-3H3;2-5,9,13H,1H2;2-3H. The molecule has 8 fully saturated rings. The highest BCUT2D eigenvalue weighted by molar-refractivity contribution is 6.29. The molecule has 0 bridgehead atoms. The molecule has 2 unspecified atom stereocenters. The summed E-state index contributed by atoms with van der Waals surface area (Å²) in [6.45, 7) is 48.2. The summed E-state index contributed by atoms with van der Waals surface area (Å²) in [5.41, 5.74) is 2.81. The predicted octanol–water partition coefficient (Wildman–Crippen LogP) is 12.1. The molecule has 4 aromatic heterocycles. The van der Waals surface area contributed by atoms with Gasteiger partial charge in [0.1, 0.15) is 57.1 Å². The van der Waals surface area contributed by atoms with Crippen molar-refractivity contribution in [3.05, 3.63) is 171 Å². The second-order valence-electron chi connectivity index (χ2n) is 29.4. The van der Waals surface area contributed by atoms with Gasteiger partial charge in [-0.05, 0) is 128 Å². The summed E-state index contributed by atoms with van der Waals surface area (Å²) in [5.74, 6) is 1.17. The Morgan fingerprint density at radius 1 is 0.505 bits per heavy atom. The van der Waals surface area contributed by atoms with Crippen molar-refractivity contribution in [3.63, 3.8) is 0 Å². The molecule has 6 aliphatic heterocycles. The molecule has 4 aliphatic carbocycles. The van der Waals surface area contributed by atoms with Gasteiger partial charge in [0.05, 0.1) is 28.7 Å². The van der Waals surface area contributed by atoms with Gasteiger partial charge in [-0.1, -0.05) is 37.9 Å². The Bertz CT molecular complexity index is 4410. The molecule has 3 N–H and O–H groups in total. The zero-order chi connectivity index (χ0) is 76.3. The molecule has 107 heavy (non-hydrogen) atoms. The topological polar surface area (TPSA) is 274 Å². The van der Waals surface area contributed by atoms with Gasteiger partial charge in [-0.25, -0.2) is 41.9 Å². The smallest absolute Gasteiger partial charge is 0.410 e. The van der Waals surface area contributed by atoms with E-state index < -0.39 is 40.5 Å². The Labute approximate surface area is 623 Å². The molecular formula is C73H83ClF4N24O5. The molecule has 34 heteroatoms. The number of piperazine rings is 4. The first-order valence-corrected chi connectivity index (χ1v) is 35.5. The lowest BCUT2D eigenvalue weighted by molar-refractivity contribution is 0.00795. The van der Waals surface area contributed by atoms with Crippen molar-refractivity contribution in [2.24, 2.45) is 10.2 Å². The van der Waals surface area contributed by atoms with Gasteiger partial charge in [0.15, 0.2) is 0 Å². The van der Waals surface area contributed by atoms with E-state index in [1.54, 1.807) is 30.6 Å². The molecule has 10 heterocycles. The van der Waals surface area contributed by atoms with E-state index >= 15 is 0 Å². The minimum Gasteiger partial charge on any atom is -0.444 e. The third kappa shape index (κ3) is 20.1. The first-order chi connectivity index (χ1) is 51.1. The number of carbonyl (C=O) groups excluding carboxylic acids is 3. The van der Waals surface area contributed by atoms with Gasteiger partial charge in [-0.2, -0.15) is 25.2 Å². The number of rotatable bonds is 5. The average Bonchev–Trinajstić information content (AvgIpc) is 1.57. The monoisotopic (exact) mass is 1490 g/mol. The normalized spacial score (nSPS) is 20.2. The van der Waals surface area contributed by atoms with Crippen LogP contribution in [0.25, 0.3) is 19.4 Å². The molecule has 16 rings (SSSR count). The molecule has 2 atom stereocenters. The van der Waals surface area contributed by atoms with E-state index in [0.717, 1.165) is 108 Å². The fraction of sp³-hybridized carbons (Fsp3) is 0.493. The Balaban J connectivity index is 0.000000134. The van der Waals surface area contributed by atoms with Crippen LogP contribution in [0.1, 0.15) is 129 Å². The van der Waals surface area contributed by atoms with Crippen LogP contribution in [0.15, 0.2) is 96.2 Å². The summed E-state index contributed by atoms with van der Waals surface area (Å²) in [7, 11) is 0. The van der Waals surface area contributed by atoms with E-state index in [2.05, 4.69) is 100 Å². The number of carbonyl (C=O) groups is 3. The number of urea groups is 1. The lowest BCUT2D eigenvalue weighted by atomic mass is 10.0. The Morgan fingerprint density at radius 2 is 0.953 bits per heavy atom. The highest BCUT2D eigenvalue weighted by Gasteiger charge is 2.57. The lowest BCUT2D eigenvalue weighted by Crippen LogP contribution is -2.59. The molecule has 4 spiro atoms. The van der Waals surface area contributed by atoms with E-state index in [9.17, 15) is 31.9 Å². The van der Waals surface area contributed by atoms with Crippen LogP contribution in [0, 0.1) is 49.6 Å². The number of anilines is 3. The molecule has 6 aromatic rings. The van der Waals surface area contributed by atoms with Gasteiger partial charge in [0.2, 0.25) is 25.3 Å². The van der Waals surface area contributed by atoms with Gasteiger partial charge in [-0.3, -0.25) is 9.80 Å². The van der Waals surface area contributed by atoms with Crippen LogP contribution in [0.3, 0.4) is 0 Å². The molecule has 560 valence electrons. The van der Waals surface area contributed by atoms with Crippen LogP contribution in [0.4, 0.5) is 72.7 Å². The third-order valence-corrected chi connectivity index (χ3v) is 19.4. The van der Waals surface area contributed by atoms with Crippen molar-refractivity contribution >= 4 is 83.0 Å². The molecule has 4 amide bonds. The summed E-state index contributed by atoms with van der Waals surface area (Å²) in [6.07, 6.45) is 17.9. The second kappa shape index (κ2) is 32.8. The first kappa shape index (κ1) is 77.1. The SMILES string of the molecule is CC(C)(C)OC(=O)N1CCNCC12CC2.Fc1cc(F)cc(C2CC=NN2)c1.[C-]#[N+]c1cc(Cl)ncn1.[C-]#[N+]c1cc(N2CCN(C(=O)N3N=CCC3c3cc(F)cc(F)c3)C3(CC3)C2)ncn1.[C-]#[N+]c1cc(N2CCN(C(=O)OC(C)(C)C)C3(CC3)C2)ncn1.[C-]#[N+]c1cc(N2CCNC3(CC3)C2)ncn1. The minimum atomic E-state index is -0.676. The number of aromatic nitrogens is 8. The molecule has 29 nitrogen and oxygen atoms in total. The average molecular weight is 1490 g/mol. The van der Waals surface area contributed by atoms with Gasteiger partial charge >= 0.3 is 18.2 Å². The van der Waals surface area contributed by atoms with Crippen molar-refractivity contribution < 1.29 is 41.4 Å². The fourth-order valence-electron chi connectivity index (χ4n) is 13.3. The minimum absolute atomic E-state index is 0.0839. The summed E-state index contributed by atoms with van der Waals surface area (Å²) in [5, 5.41) is 16.5. The van der Waals surface area contributed by atoms with Crippen LogP contribution < -0.4 is 30.8 Å². The number of hydrogen-bond acceptors (Lipinski definition) is 21. The van der Waals surface area contributed by atoms with Crippen molar-refractivity contribution in [3.8, 4) is 0 Å². The maximum Gasteiger partial charge on any atom is 0.410 e. The van der Waals surface area contributed by atoms with Gasteiger partial charge in [-0.15, -0.1) is 19.9 Å². The molecule has 0 radical (unpaired) electrons. The quantitative estimate of drug-likeness (QED) is 0.0822. The number of halogens is 5. The van der Waals surface area contributed by atoms with Crippen molar-refractivity contribution in [2.45, 2.75) is 151 Å². The highest BCUT2D eigenvalue weighted by atomic mass is 35.5. The third-order valence-electron chi connectivity index (χ3n) is 19.2. The molecule has 4 saturated carbocycles. The van der Waals surface area contributed by atoms with Crippen molar-refractivity contribution in [1.82, 2.24) is 75.6 Å². The first-order valence-electron chi connectivity index (χ1n) is 35.1. The number of nitrogens with zero attached hydrogens (tertiary/aromatic N) is 21. The number of benzene rings is 2. The highest BCUT2D eigenvalue weighted by Crippen LogP contribution is 2.48. The van der Waals surface area contributed by atoms with Gasteiger partial charge in [0.25, 0.3) is 23.3 Å². The van der Waals surface area contributed by atoms with E-state index in [1.807, 2.05) is 56.2 Å². The lowest BCUT2D eigenvalue weighted by Gasteiger charge is -2.44. The zero-order valence-electron chi connectivity index (χ0n) is 60.3. The van der Waals surface area contributed by atoms with Crippen LogP contribution >= 0.6 is 11.6 Å². The van der Waals surface area contributed by atoms with Crippen LogP contribution in [0.5, 0.6) is 0 Å². The molecule has 10 aliphatic rings. The Hall–Kier alpha value is -11.0. The van der Waals surface area contributed by atoms with E-state index in [4.69, 9.17) is 47.4 Å². The molecular weight excluding hydrogens is 1400 g/mol. The van der Waals surface area contributed by atoms with Crippen LogP contribution in [0.2, 0.25) is 5.15 Å². The molecule has 4 saturated heterocycles. The number of ether oxygens (including phenoxy) is 2.